The number of carbonyl (C=O) groups excluding carboxylic acids is 1. The summed E-state index contributed by atoms with van der Waals surface area (Å²) >= 11 is 5.13. The molecule has 0 aliphatic carbocycles. The minimum Gasteiger partial charge on any atom is -0.399 e. The number of nitrogens with two attached hydrogens (primary N) is 1. The maximum atomic E-state index is 11.8. The van der Waals surface area contributed by atoms with Crippen molar-refractivity contribution in [1.82, 2.24) is 5.32 Å². The highest BCUT2D eigenvalue weighted by molar-refractivity contribution is 9.11. The molecule has 0 aliphatic rings. The van der Waals surface area contributed by atoms with E-state index in [1.165, 1.54) is 4.88 Å². The predicted octanol–water partition coefficient (Wildman–Crippen LogP) is 3.81. The topological polar surface area (TPSA) is 55.1 Å². The van der Waals surface area contributed by atoms with E-state index >= 15 is 0 Å². The van der Waals surface area contributed by atoms with E-state index in [1.54, 1.807) is 11.3 Å². The molecule has 114 valence electrons. The van der Waals surface area contributed by atoms with Gasteiger partial charge in [0.15, 0.2) is 0 Å². The van der Waals surface area contributed by atoms with Crippen LogP contribution in [0.1, 0.15) is 16.9 Å². The van der Waals surface area contributed by atoms with Gasteiger partial charge in [-0.3, -0.25) is 4.79 Å². The molecule has 3 N–H and O–H groups in total. The maximum Gasteiger partial charge on any atom is 0.220 e. The Bertz CT molecular complexity index is 589. The summed E-state index contributed by atoms with van der Waals surface area (Å²) in [7, 11) is 0. The zero-order valence-electron chi connectivity index (χ0n) is 11.5. The third kappa shape index (κ3) is 6.08. The van der Waals surface area contributed by atoms with Crippen molar-refractivity contribution < 1.29 is 4.79 Å². The van der Waals surface area contributed by atoms with Crippen LogP contribution in [0.3, 0.4) is 0 Å². The van der Waals surface area contributed by atoms with Crippen molar-refractivity contribution in [2.24, 2.45) is 0 Å². The first-order valence-corrected chi connectivity index (χ1v) is 8.10. The summed E-state index contributed by atoms with van der Waals surface area (Å²) in [4.78, 5) is 13.0. The van der Waals surface area contributed by atoms with Crippen LogP contribution in [-0.2, 0) is 17.6 Å². The first-order valence-electron chi connectivity index (χ1n) is 6.49. The number of carbonyl (C=O) groups is 1. The minimum absolute atomic E-state index is 0. The highest BCUT2D eigenvalue weighted by Crippen LogP contribution is 2.22. The number of nitrogen functional groups attached to an aromatic ring is 1. The molecule has 0 radical (unpaired) electrons. The standard InChI is InChI=1S/C15H17BrN2OS.ClH/c16-14-7-6-12(20-14)9-10-18-15(19)8-5-11-3-1-2-4-13(11)17;/h1-4,6-7H,5,8-10,17H2,(H,18,19);1H. The first-order chi connectivity index (χ1) is 9.65. The lowest BCUT2D eigenvalue weighted by Gasteiger charge is -2.06. The first kappa shape index (κ1) is 18.0. The van der Waals surface area contributed by atoms with E-state index in [4.69, 9.17) is 5.73 Å². The Hall–Kier alpha value is -1.04. The molecule has 0 saturated heterocycles. The van der Waals surface area contributed by atoms with Crippen LogP contribution in [0.5, 0.6) is 0 Å². The molecule has 1 aromatic carbocycles. The van der Waals surface area contributed by atoms with Crippen molar-refractivity contribution in [1.29, 1.82) is 0 Å². The fourth-order valence-corrected chi connectivity index (χ4v) is 3.39. The largest absolute Gasteiger partial charge is 0.399 e. The summed E-state index contributed by atoms with van der Waals surface area (Å²) in [6.45, 7) is 0.677. The molecule has 6 heteroatoms. The van der Waals surface area contributed by atoms with E-state index in [9.17, 15) is 4.79 Å². The highest BCUT2D eigenvalue weighted by atomic mass is 79.9. The minimum atomic E-state index is 0. The number of rotatable bonds is 6. The second kappa shape index (κ2) is 9.07. The SMILES string of the molecule is Cl.Nc1ccccc1CCC(=O)NCCc1ccc(Br)s1. The second-order valence-electron chi connectivity index (χ2n) is 4.50. The van der Waals surface area contributed by atoms with Crippen LogP contribution >= 0.6 is 39.7 Å². The fourth-order valence-electron chi connectivity index (χ4n) is 1.91. The van der Waals surface area contributed by atoms with Crippen molar-refractivity contribution in [2.75, 3.05) is 12.3 Å². The Morgan fingerprint density at radius 1 is 1.19 bits per heavy atom. The number of benzene rings is 1. The van der Waals surface area contributed by atoms with Gasteiger partial charge in [-0.15, -0.1) is 23.7 Å². The zero-order valence-corrected chi connectivity index (χ0v) is 14.7. The van der Waals surface area contributed by atoms with Gasteiger partial charge in [-0.2, -0.15) is 0 Å². The van der Waals surface area contributed by atoms with Crippen LogP contribution in [0.15, 0.2) is 40.2 Å². The molecule has 2 rings (SSSR count). The smallest absolute Gasteiger partial charge is 0.220 e. The van der Waals surface area contributed by atoms with E-state index < -0.39 is 0 Å². The third-order valence-electron chi connectivity index (χ3n) is 3.00. The summed E-state index contributed by atoms with van der Waals surface area (Å²) in [5, 5.41) is 2.94. The van der Waals surface area contributed by atoms with Crippen LogP contribution < -0.4 is 11.1 Å². The Morgan fingerprint density at radius 3 is 2.62 bits per heavy atom. The number of halogens is 2. The normalized spacial score (nSPS) is 9.95. The lowest BCUT2D eigenvalue weighted by Crippen LogP contribution is -2.25. The second-order valence-corrected chi connectivity index (χ2v) is 7.05. The summed E-state index contributed by atoms with van der Waals surface area (Å²) in [5.41, 5.74) is 7.64. The van der Waals surface area contributed by atoms with Gasteiger partial charge in [0.05, 0.1) is 3.79 Å². The Morgan fingerprint density at radius 2 is 1.95 bits per heavy atom. The molecule has 2 aromatic rings. The van der Waals surface area contributed by atoms with Crippen molar-refractivity contribution in [3.63, 3.8) is 0 Å². The molecule has 0 aliphatic heterocycles. The number of amides is 1. The number of hydrogen-bond acceptors (Lipinski definition) is 3. The van der Waals surface area contributed by atoms with Gasteiger partial charge in [0, 0.05) is 23.5 Å². The number of hydrogen-bond donors (Lipinski definition) is 2. The molecule has 0 bridgehead atoms. The van der Waals surface area contributed by atoms with E-state index in [2.05, 4.69) is 27.3 Å². The molecule has 0 unspecified atom stereocenters. The fraction of sp³-hybridized carbons (Fsp3) is 0.267. The number of thiophene rings is 1. The molecular weight excluding hydrogens is 372 g/mol. The predicted molar refractivity (Wildman–Crippen MR) is 95.2 cm³/mol. The van der Waals surface area contributed by atoms with Crippen LogP contribution in [0, 0.1) is 0 Å². The summed E-state index contributed by atoms with van der Waals surface area (Å²) in [6.07, 6.45) is 2.03. The van der Waals surface area contributed by atoms with Crippen molar-refractivity contribution in [2.45, 2.75) is 19.3 Å². The molecular formula is C15H18BrClN2OS. The van der Waals surface area contributed by atoms with Crippen molar-refractivity contribution >= 4 is 51.3 Å². The molecule has 1 amide bonds. The average molecular weight is 390 g/mol. The van der Waals surface area contributed by atoms with E-state index in [-0.39, 0.29) is 18.3 Å². The van der Waals surface area contributed by atoms with Gasteiger partial charge < -0.3 is 11.1 Å². The number of nitrogens with one attached hydrogen (secondary N) is 1. The number of aryl methyl sites for hydroxylation is 1. The van der Waals surface area contributed by atoms with Gasteiger partial charge in [0.1, 0.15) is 0 Å². The van der Waals surface area contributed by atoms with Gasteiger partial charge in [-0.25, -0.2) is 0 Å². The summed E-state index contributed by atoms with van der Waals surface area (Å²) in [5.74, 6) is 0.0730. The number of anilines is 1. The van der Waals surface area contributed by atoms with Crippen LogP contribution in [0.2, 0.25) is 0 Å². The van der Waals surface area contributed by atoms with Gasteiger partial charge in [-0.05, 0) is 52.5 Å². The molecule has 3 nitrogen and oxygen atoms in total. The van der Waals surface area contributed by atoms with Gasteiger partial charge in [0.25, 0.3) is 0 Å². The molecule has 0 spiro atoms. The molecule has 1 aromatic heterocycles. The molecule has 21 heavy (non-hydrogen) atoms. The van der Waals surface area contributed by atoms with Gasteiger partial charge in [0.2, 0.25) is 5.91 Å². The van der Waals surface area contributed by atoms with E-state index in [0.717, 1.165) is 21.5 Å². The quantitative estimate of drug-likeness (QED) is 0.738. The van der Waals surface area contributed by atoms with Crippen LogP contribution in [0.25, 0.3) is 0 Å². The Labute approximate surface area is 143 Å². The van der Waals surface area contributed by atoms with Crippen molar-refractivity contribution in [3.05, 3.63) is 50.6 Å². The van der Waals surface area contributed by atoms with Crippen LogP contribution in [-0.4, -0.2) is 12.5 Å². The Balaban J connectivity index is 0.00000220. The monoisotopic (exact) mass is 388 g/mol. The van der Waals surface area contributed by atoms with Crippen LogP contribution in [0.4, 0.5) is 5.69 Å². The Kier molecular flexibility index (Phi) is 7.78. The number of para-hydroxylation sites is 1. The average Bonchev–Trinajstić information content (AvgIpc) is 2.83. The summed E-state index contributed by atoms with van der Waals surface area (Å²) in [6, 6.07) is 11.8. The molecule has 0 saturated carbocycles. The van der Waals surface area contributed by atoms with E-state index in [0.29, 0.717) is 19.4 Å². The zero-order chi connectivity index (χ0) is 14.4. The van der Waals surface area contributed by atoms with Crippen molar-refractivity contribution in [3.8, 4) is 0 Å². The van der Waals surface area contributed by atoms with Gasteiger partial charge >= 0.3 is 0 Å². The van der Waals surface area contributed by atoms with E-state index in [1.807, 2.05) is 30.3 Å². The lowest BCUT2D eigenvalue weighted by molar-refractivity contribution is -0.121. The molecule has 0 fully saturated rings. The summed E-state index contributed by atoms with van der Waals surface area (Å²) < 4.78 is 1.12. The maximum absolute atomic E-state index is 11.8. The molecule has 1 heterocycles. The molecule has 0 atom stereocenters. The van der Waals surface area contributed by atoms with Gasteiger partial charge in [-0.1, -0.05) is 18.2 Å². The third-order valence-corrected chi connectivity index (χ3v) is 4.68. The lowest BCUT2D eigenvalue weighted by atomic mass is 10.1. The highest BCUT2D eigenvalue weighted by Gasteiger charge is 2.04.